The first-order chi connectivity index (χ1) is 7.25. The Morgan fingerprint density at radius 2 is 2.20 bits per heavy atom. The number of nitrogens with one attached hydrogen (secondary N) is 1. The van der Waals surface area contributed by atoms with Gasteiger partial charge in [-0.3, -0.25) is 4.90 Å². The SMILES string of the molecule is NC(CN1CCNCC1)c1ccc(Cl)s1. The number of piperazine rings is 1. The highest BCUT2D eigenvalue weighted by atomic mass is 35.5. The van der Waals surface area contributed by atoms with Crippen LogP contribution in [0.1, 0.15) is 10.9 Å². The molecule has 1 aromatic heterocycles. The van der Waals surface area contributed by atoms with E-state index < -0.39 is 0 Å². The molecule has 0 spiro atoms. The molecule has 3 nitrogen and oxygen atoms in total. The van der Waals surface area contributed by atoms with E-state index in [1.165, 1.54) is 4.88 Å². The third kappa shape index (κ3) is 3.16. The van der Waals surface area contributed by atoms with Gasteiger partial charge in [0.1, 0.15) is 0 Å². The second kappa shape index (κ2) is 5.27. The van der Waals surface area contributed by atoms with Crippen LogP contribution in [0, 0.1) is 0 Å². The summed E-state index contributed by atoms with van der Waals surface area (Å²) in [6.07, 6.45) is 0. The molecule has 1 atom stereocenters. The van der Waals surface area contributed by atoms with Gasteiger partial charge in [-0.1, -0.05) is 11.6 Å². The van der Waals surface area contributed by atoms with Crippen LogP contribution >= 0.6 is 22.9 Å². The lowest BCUT2D eigenvalue weighted by Gasteiger charge is -2.29. The summed E-state index contributed by atoms with van der Waals surface area (Å²) in [4.78, 5) is 3.58. The van der Waals surface area contributed by atoms with E-state index in [2.05, 4.69) is 10.2 Å². The van der Waals surface area contributed by atoms with Gasteiger partial charge in [0.2, 0.25) is 0 Å². The molecule has 2 heterocycles. The second-order valence-corrected chi connectivity index (χ2v) is 5.55. The molecule has 1 saturated heterocycles. The molecule has 84 valence electrons. The van der Waals surface area contributed by atoms with E-state index >= 15 is 0 Å². The van der Waals surface area contributed by atoms with Gasteiger partial charge < -0.3 is 11.1 Å². The Morgan fingerprint density at radius 1 is 1.47 bits per heavy atom. The summed E-state index contributed by atoms with van der Waals surface area (Å²) in [7, 11) is 0. The minimum Gasteiger partial charge on any atom is -0.322 e. The van der Waals surface area contributed by atoms with Crippen molar-refractivity contribution in [3.05, 3.63) is 21.3 Å². The maximum absolute atomic E-state index is 6.13. The van der Waals surface area contributed by atoms with Gasteiger partial charge in [0.15, 0.2) is 0 Å². The van der Waals surface area contributed by atoms with Crippen LogP contribution in [0.25, 0.3) is 0 Å². The molecular weight excluding hydrogens is 230 g/mol. The third-order valence-electron chi connectivity index (χ3n) is 2.62. The number of nitrogens with zero attached hydrogens (tertiary/aromatic N) is 1. The van der Waals surface area contributed by atoms with Crippen molar-refractivity contribution in [3.8, 4) is 0 Å². The molecule has 2 rings (SSSR count). The van der Waals surface area contributed by atoms with Crippen molar-refractivity contribution < 1.29 is 0 Å². The molecule has 0 amide bonds. The van der Waals surface area contributed by atoms with Crippen molar-refractivity contribution in [1.29, 1.82) is 0 Å². The van der Waals surface area contributed by atoms with E-state index in [9.17, 15) is 0 Å². The van der Waals surface area contributed by atoms with Crippen LogP contribution in [0.5, 0.6) is 0 Å². The first kappa shape index (κ1) is 11.4. The largest absolute Gasteiger partial charge is 0.322 e. The van der Waals surface area contributed by atoms with Gasteiger partial charge in [-0.15, -0.1) is 11.3 Å². The van der Waals surface area contributed by atoms with Crippen LogP contribution in [-0.4, -0.2) is 37.6 Å². The number of hydrogen-bond donors (Lipinski definition) is 2. The number of hydrogen-bond acceptors (Lipinski definition) is 4. The fourth-order valence-corrected chi connectivity index (χ4v) is 2.84. The lowest BCUT2D eigenvalue weighted by Crippen LogP contribution is -2.45. The molecule has 0 saturated carbocycles. The lowest BCUT2D eigenvalue weighted by atomic mass is 10.2. The van der Waals surface area contributed by atoms with Gasteiger partial charge in [0.25, 0.3) is 0 Å². The molecule has 1 fully saturated rings. The van der Waals surface area contributed by atoms with Crippen molar-refractivity contribution in [2.45, 2.75) is 6.04 Å². The zero-order valence-electron chi connectivity index (χ0n) is 8.58. The summed E-state index contributed by atoms with van der Waals surface area (Å²) in [5.74, 6) is 0. The molecule has 0 radical (unpaired) electrons. The van der Waals surface area contributed by atoms with E-state index in [0.29, 0.717) is 0 Å². The zero-order chi connectivity index (χ0) is 10.7. The third-order valence-corrected chi connectivity index (χ3v) is 3.99. The molecule has 0 aromatic carbocycles. The first-order valence-corrected chi connectivity index (χ1v) is 6.39. The first-order valence-electron chi connectivity index (χ1n) is 5.19. The van der Waals surface area contributed by atoms with Crippen LogP contribution in [0.2, 0.25) is 4.34 Å². The molecule has 1 aromatic rings. The highest BCUT2D eigenvalue weighted by Gasteiger charge is 2.15. The molecule has 0 aliphatic carbocycles. The van der Waals surface area contributed by atoms with Crippen LogP contribution in [-0.2, 0) is 0 Å². The van der Waals surface area contributed by atoms with Crippen molar-refractivity contribution in [3.63, 3.8) is 0 Å². The van der Waals surface area contributed by atoms with Crippen molar-refractivity contribution in [1.82, 2.24) is 10.2 Å². The smallest absolute Gasteiger partial charge is 0.0931 e. The Kier molecular flexibility index (Phi) is 3.99. The molecule has 0 bridgehead atoms. The van der Waals surface area contributed by atoms with Gasteiger partial charge >= 0.3 is 0 Å². The topological polar surface area (TPSA) is 41.3 Å². The number of rotatable bonds is 3. The predicted octanol–water partition coefficient (Wildman–Crippen LogP) is 1.31. The summed E-state index contributed by atoms with van der Waals surface area (Å²) in [5.41, 5.74) is 6.13. The van der Waals surface area contributed by atoms with Gasteiger partial charge in [-0.25, -0.2) is 0 Å². The van der Waals surface area contributed by atoms with E-state index in [1.807, 2.05) is 12.1 Å². The fourth-order valence-electron chi connectivity index (χ4n) is 1.79. The normalized spacial score (nSPS) is 20.4. The van der Waals surface area contributed by atoms with Gasteiger partial charge in [0.05, 0.1) is 10.4 Å². The van der Waals surface area contributed by atoms with E-state index in [4.69, 9.17) is 17.3 Å². The average Bonchev–Trinajstić information content (AvgIpc) is 2.66. The highest BCUT2D eigenvalue weighted by molar-refractivity contribution is 7.16. The monoisotopic (exact) mass is 245 g/mol. The molecule has 1 aliphatic heterocycles. The maximum Gasteiger partial charge on any atom is 0.0931 e. The summed E-state index contributed by atoms with van der Waals surface area (Å²) < 4.78 is 0.820. The number of nitrogens with two attached hydrogens (primary N) is 1. The number of halogens is 1. The summed E-state index contributed by atoms with van der Waals surface area (Å²) in [6, 6.07) is 4.04. The Balaban J connectivity index is 1.88. The minimum atomic E-state index is 0.0978. The summed E-state index contributed by atoms with van der Waals surface area (Å²) >= 11 is 7.47. The Bertz CT molecular complexity index is 309. The molecule has 3 N–H and O–H groups in total. The van der Waals surface area contributed by atoms with Crippen LogP contribution < -0.4 is 11.1 Å². The zero-order valence-corrected chi connectivity index (χ0v) is 10.2. The Labute approximate surface area is 99.2 Å². The molecule has 1 aliphatic rings. The molecular formula is C10H16ClN3S. The van der Waals surface area contributed by atoms with Crippen molar-refractivity contribution in [2.75, 3.05) is 32.7 Å². The van der Waals surface area contributed by atoms with Crippen LogP contribution in [0.3, 0.4) is 0 Å². The minimum absolute atomic E-state index is 0.0978. The molecule has 1 unspecified atom stereocenters. The molecule has 5 heteroatoms. The fraction of sp³-hybridized carbons (Fsp3) is 0.600. The average molecular weight is 246 g/mol. The van der Waals surface area contributed by atoms with Crippen molar-refractivity contribution >= 4 is 22.9 Å². The van der Waals surface area contributed by atoms with Gasteiger partial charge in [-0.05, 0) is 12.1 Å². The predicted molar refractivity (Wildman–Crippen MR) is 65.6 cm³/mol. The number of thiophene rings is 1. The lowest BCUT2D eigenvalue weighted by molar-refractivity contribution is 0.229. The maximum atomic E-state index is 6.13. The van der Waals surface area contributed by atoms with Crippen LogP contribution in [0.4, 0.5) is 0 Å². The standard InChI is InChI=1S/C10H16ClN3S/c11-10-2-1-9(15-10)8(12)7-14-5-3-13-4-6-14/h1-2,8,13H,3-7,12H2. The summed E-state index contributed by atoms with van der Waals surface area (Å²) in [5, 5.41) is 3.33. The van der Waals surface area contributed by atoms with E-state index in [0.717, 1.165) is 37.1 Å². The quantitative estimate of drug-likeness (QED) is 0.844. The van der Waals surface area contributed by atoms with Gasteiger partial charge in [0, 0.05) is 37.6 Å². The second-order valence-electron chi connectivity index (χ2n) is 3.80. The molecule has 15 heavy (non-hydrogen) atoms. The highest BCUT2D eigenvalue weighted by Crippen LogP contribution is 2.26. The van der Waals surface area contributed by atoms with E-state index in [-0.39, 0.29) is 6.04 Å². The van der Waals surface area contributed by atoms with Crippen molar-refractivity contribution in [2.24, 2.45) is 5.73 Å². The Hall–Kier alpha value is -0.130. The Morgan fingerprint density at radius 3 is 2.80 bits per heavy atom. The van der Waals surface area contributed by atoms with E-state index in [1.54, 1.807) is 11.3 Å². The van der Waals surface area contributed by atoms with Crippen LogP contribution in [0.15, 0.2) is 12.1 Å². The van der Waals surface area contributed by atoms with Gasteiger partial charge in [-0.2, -0.15) is 0 Å². The summed E-state index contributed by atoms with van der Waals surface area (Å²) in [6.45, 7) is 5.24.